The van der Waals surface area contributed by atoms with Gasteiger partial charge < -0.3 is 5.11 Å². The third-order valence-corrected chi connectivity index (χ3v) is 7.90. The molecule has 2 rings (SSSR count). The maximum Gasteiger partial charge on any atom is 0.347 e. The Labute approximate surface area is 120 Å². The maximum atomic E-state index is 12.5. The van der Waals surface area contributed by atoms with E-state index in [4.69, 9.17) is 5.11 Å². The van der Waals surface area contributed by atoms with E-state index in [2.05, 4.69) is 0 Å². The van der Waals surface area contributed by atoms with E-state index in [1.807, 2.05) is 0 Å². The van der Waals surface area contributed by atoms with Gasteiger partial charge in [-0.2, -0.15) is 4.31 Å². The van der Waals surface area contributed by atoms with Crippen molar-refractivity contribution in [3.05, 3.63) is 16.3 Å². The first-order chi connectivity index (χ1) is 9.15. The SMILES string of the molecule is CC1CS(=O)(=O)CCN1S(=O)(=O)c1ccsc1C(=O)O. The van der Waals surface area contributed by atoms with Crippen LogP contribution in [-0.2, 0) is 19.9 Å². The van der Waals surface area contributed by atoms with Crippen molar-refractivity contribution in [3.63, 3.8) is 0 Å². The molecule has 1 aromatic rings. The van der Waals surface area contributed by atoms with Crippen LogP contribution in [0.15, 0.2) is 16.3 Å². The van der Waals surface area contributed by atoms with Crippen molar-refractivity contribution in [3.8, 4) is 0 Å². The smallest absolute Gasteiger partial charge is 0.347 e. The van der Waals surface area contributed by atoms with Gasteiger partial charge in [-0.15, -0.1) is 11.3 Å². The fraction of sp³-hybridized carbons (Fsp3) is 0.500. The normalized spacial score (nSPS) is 23.6. The molecule has 0 saturated carbocycles. The average molecular weight is 339 g/mol. The number of sulfone groups is 1. The summed E-state index contributed by atoms with van der Waals surface area (Å²) in [7, 11) is -7.24. The second kappa shape index (κ2) is 5.10. The maximum absolute atomic E-state index is 12.5. The second-order valence-corrected chi connectivity index (χ2v) is 9.50. The molecule has 0 amide bonds. The molecule has 7 nitrogen and oxygen atoms in total. The number of carboxylic acid groups (broad SMARTS) is 1. The first kappa shape index (κ1) is 15.4. The topological polar surface area (TPSA) is 109 Å². The Balaban J connectivity index is 2.41. The van der Waals surface area contributed by atoms with E-state index >= 15 is 0 Å². The van der Waals surface area contributed by atoms with Crippen LogP contribution in [0.4, 0.5) is 0 Å². The Morgan fingerprint density at radius 1 is 1.50 bits per heavy atom. The lowest BCUT2D eigenvalue weighted by atomic mass is 10.4. The summed E-state index contributed by atoms with van der Waals surface area (Å²) in [5.74, 6) is -1.81. The molecular formula is C10H13NO6S3. The predicted octanol–water partition coefficient (Wildman–Crippen LogP) is 0.254. The molecule has 1 atom stereocenters. The molecule has 10 heteroatoms. The van der Waals surface area contributed by atoms with Crippen LogP contribution in [0.25, 0.3) is 0 Å². The minimum atomic E-state index is -4.00. The Bertz CT molecular complexity index is 733. The molecule has 0 radical (unpaired) electrons. The minimum absolute atomic E-state index is 0.152. The predicted molar refractivity (Wildman–Crippen MR) is 73.3 cm³/mol. The third kappa shape index (κ3) is 2.73. The van der Waals surface area contributed by atoms with Gasteiger partial charge in [-0.25, -0.2) is 21.6 Å². The lowest BCUT2D eigenvalue weighted by Crippen LogP contribution is -2.49. The zero-order chi connectivity index (χ0) is 15.1. The highest BCUT2D eigenvalue weighted by Crippen LogP contribution is 2.28. The number of carbonyl (C=O) groups is 1. The molecule has 0 aromatic carbocycles. The highest BCUT2D eigenvalue weighted by atomic mass is 32.2. The van der Waals surface area contributed by atoms with Gasteiger partial charge >= 0.3 is 5.97 Å². The van der Waals surface area contributed by atoms with Gasteiger partial charge in [0.2, 0.25) is 10.0 Å². The Morgan fingerprint density at radius 3 is 2.70 bits per heavy atom. The molecule has 1 fully saturated rings. The summed E-state index contributed by atoms with van der Waals surface area (Å²) in [6.07, 6.45) is 0. The molecule has 1 saturated heterocycles. The van der Waals surface area contributed by atoms with Gasteiger partial charge in [-0.1, -0.05) is 0 Å². The van der Waals surface area contributed by atoms with E-state index < -0.39 is 31.9 Å². The van der Waals surface area contributed by atoms with Crippen molar-refractivity contribution >= 4 is 37.2 Å². The second-order valence-electron chi connectivity index (χ2n) is 4.50. The lowest BCUT2D eigenvalue weighted by Gasteiger charge is -2.31. The van der Waals surface area contributed by atoms with Crippen LogP contribution in [0, 0.1) is 0 Å². The van der Waals surface area contributed by atoms with Crippen molar-refractivity contribution in [2.24, 2.45) is 0 Å². The first-order valence-electron chi connectivity index (χ1n) is 5.68. The molecule has 0 spiro atoms. The molecule has 1 N–H and O–H groups in total. The Morgan fingerprint density at radius 2 is 2.15 bits per heavy atom. The van der Waals surface area contributed by atoms with Gasteiger partial charge in [0.1, 0.15) is 9.77 Å². The Hall–Kier alpha value is -0.970. The van der Waals surface area contributed by atoms with Crippen molar-refractivity contribution in [1.82, 2.24) is 4.31 Å². The minimum Gasteiger partial charge on any atom is -0.477 e. The fourth-order valence-corrected chi connectivity index (χ4v) is 6.76. The van der Waals surface area contributed by atoms with Gasteiger partial charge in [0.15, 0.2) is 9.84 Å². The molecule has 1 unspecified atom stereocenters. The summed E-state index contributed by atoms with van der Waals surface area (Å²) in [4.78, 5) is 10.5. The number of rotatable bonds is 3. The molecule has 2 heterocycles. The van der Waals surface area contributed by atoms with Gasteiger partial charge in [0.25, 0.3) is 0 Å². The van der Waals surface area contributed by atoms with Crippen LogP contribution in [0.5, 0.6) is 0 Å². The number of aromatic carboxylic acids is 1. The van der Waals surface area contributed by atoms with Crippen molar-refractivity contribution < 1.29 is 26.7 Å². The van der Waals surface area contributed by atoms with E-state index in [0.29, 0.717) is 0 Å². The van der Waals surface area contributed by atoms with Crippen LogP contribution < -0.4 is 0 Å². The van der Waals surface area contributed by atoms with Crippen molar-refractivity contribution in [2.75, 3.05) is 18.1 Å². The van der Waals surface area contributed by atoms with Crippen LogP contribution in [0.1, 0.15) is 16.6 Å². The number of sulfonamides is 1. The average Bonchev–Trinajstić information content (AvgIpc) is 2.76. The Kier molecular flexibility index (Phi) is 3.93. The number of nitrogens with zero attached hydrogens (tertiary/aromatic N) is 1. The van der Waals surface area contributed by atoms with E-state index in [1.54, 1.807) is 0 Å². The first-order valence-corrected chi connectivity index (χ1v) is 9.82. The summed E-state index contributed by atoms with van der Waals surface area (Å²) in [6.45, 7) is 1.35. The number of carboxylic acids is 1. The van der Waals surface area contributed by atoms with Gasteiger partial charge in [-0.05, 0) is 18.4 Å². The fourth-order valence-electron chi connectivity index (χ4n) is 2.12. The summed E-state index contributed by atoms with van der Waals surface area (Å²) in [5, 5.41) is 10.4. The molecule has 0 bridgehead atoms. The summed E-state index contributed by atoms with van der Waals surface area (Å²) < 4.78 is 49.0. The molecule has 1 aliphatic rings. The molecule has 1 aromatic heterocycles. The van der Waals surface area contributed by atoms with E-state index in [0.717, 1.165) is 15.6 Å². The molecular weight excluding hydrogens is 326 g/mol. The third-order valence-electron chi connectivity index (χ3n) is 3.02. The van der Waals surface area contributed by atoms with Crippen LogP contribution in [-0.4, -0.2) is 56.3 Å². The van der Waals surface area contributed by atoms with Crippen LogP contribution in [0.3, 0.4) is 0 Å². The summed E-state index contributed by atoms with van der Waals surface area (Å²) in [6, 6.07) is 0.527. The molecule has 1 aliphatic heterocycles. The standard InChI is InChI=1S/C10H13NO6S3/c1-7-6-19(14,15)5-3-11(7)20(16,17)8-2-4-18-9(8)10(12)13/h2,4,7H,3,5-6H2,1H3,(H,12,13). The van der Waals surface area contributed by atoms with Crippen molar-refractivity contribution in [2.45, 2.75) is 17.9 Å². The van der Waals surface area contributed by atoms with E-state index in [1.165, 1.54) is 18.4 Å². The highest BCUT2D eigenvalue weighted by molar-refractivity contribution is 7.92. The highest BCUT2D eigenvalue weighted by Gasteiger charge is 2.38. The summed E-state index contributed by atoms with van der Waals surface area (Å²) >= 11 is 0.826. The zero-order valence-corrected chi connectivity index (χ0v) is 13.0. The number of hydrogen-bond donors (Lipinski definition) is 1. The lowest BCUT2D eigenvalue weighted by molar-refractivity contribution is 0.0698. The monoisotopic (exact) mass is 339 g/mol. The van der Waals surface area contributed by atoms with Gasteiger partial charge in [0.05, 0.1) is 11.5 Å². The van der Waals surface area contributed by atoms with Gasteiger partial charge in [-0.3, -0.25) is 0 Å². The van der Waals surface area contributed by atoms with E-state index in [9.17, 15) is 21.6 Å². The largest absolute Gasteiger partial charge is 0.477 e. The van der Waals surface area contributed by atoms with Crippen LogP contribution >= 0.6 is 11.3 Å². The van der Waals surface area contributed by atoms with Gasteiger partial charge in [0, 0.05) is 12.6 Å². The number of hydrogen-bond acceptors (Lipinski definition) is 6. The quantitative estimate of drug-likeness (QED) is 0.846. The summed E-state index contributed by atoms with van der Waals surface area (Å²) in [5.41, 5.74) is 0. The van der Waals surface area contributed by atoms with Crippen molar-refractivity contribution in [1.29, 1.82) is 0 Å². The molecule has 20 heavy (non-hydrogen) atoms. The molecule has 0 aliphatic carbocycles. The van der Waals surface area contributed by atoms with Crippen LogP contribution in [0.2, 0.25) is 0 Å². The number of thiophene rings is 1. The zero-order valence-electron chi connectivity index (χ0n) is 10.5. The van der Waals surface area contributed by atoms with E-state index in [-0.39, 0.29) is 27.8 Å². The molecule has 112 valence electrons.